The molecule has 0 amide bonds. The van der Waals surface area contributed by atoms with Crippen LogP contribution in [0.25, 0.3) is 0 Å². The Labute approximate surface area is 103 Å². The van der Waals surface area contributed by atoms with E-state index in [1.165, 1.54) is 0 Å². The molecule has 0 aliphatic heterocycles. The fourth-order valence-corrected chi connectivity index (χ4v) is 1.50. The number of hydrogen-bond donors (Lipinski definition) is 0. The number of Topliss-reactive ketones (excluding diaryl/α,β-unsaturated/α-hetero) is 1. The van der Waals surface area contributed by atoms with Crippen molar-refractivity contribution < 1.29 is 22.4 Å². The Balaban J connectivity index is 3.10. The Morgan fingerprint density at radius 3 is 2.17 bits per heavy atom. The van der Waals surface area contributed by atoms with Gasteiger partial charge in [-0.25, -0.2) is 4.39 Å². The maximum atomic E-state index is 13.0. The van der Waals surface area contributed by atoms with Gasteiger partial charge in [0.15, 0.2) is 5.78 Å². The van der Waals surface area contributed by atoms with Gasteiger partial charge in [0.25, 0.3) is 0 Å². The first-order valence-corrected chi connectivity index (χ1v) is 5.41. The van der Waals surface area contributed by atoms with Crippen LogP contribution in [0, 0.1) is 11.2 Å². The van der Waals surface area contributed by atoms with Gasteiger partial charge < -0.3 is 0 Å². The summed E-state index contributed by atoms with van der Waals surface area (Å²) in [7, 11) is 0. The molecule has 0 aliphatic carbocycles. The van der Waals surface area contributed by atoms with Crippen molar-refractivity contribution in [1.29, 1.82) is 0 Å². The van der Waals surface area contributed by atoms with Crippen LogP contribution in [0.15, 0.2) is 18.2 Å². The summed E-state index contributed by atoms with van der Waals surface area (Å²) in [6.45, 7) is 5.41. The van der Waals surface area contributed by atoms with Crippen LogP contribution in [0.2, 0.25) is 0 Å². The Hall–Kier alpha value is -1.39. The molecule has 0 N–H and O–H groups in total. The van der Waals surface area contributed by atoms with E-state index in [1.807, 2.05) is 0 Å². The van der Waals surface area contributed by atoms with Gasteiger partial charge in [0.1, 0.15) is 5.82 Å². The summed E-state index contributed by atoms with van der Waals surface area (Å²) in [4.78, 5) is 11.8. The normalized spacial score (nSPS) is 12.6. The second kappa shape index (κ2) is 4.71. The third kappa shape index (κ3) is 3.82. The molecule has 0 saturated heterocycles. The third-order valence-electron chi connectivity index (χ3n) is 2.28. The standard InChI is InChI=1S/C13H14F4O/c1-12(2,3)7-11(18)8-4-5-10(14)9(6-8)13(15,16)17/h4-6H,7H2,1-3H3. The minimum absolute atomic E-state index is 0.107. The first kappa shape index (κ1) is 14.7. The zero-order valence-electron chi connectivity index (χ0n) is 10.4. The van der Waals surface area contributed by atoms with E-state index in [1.54, 1.807) is 20.8 Å². The van der Waals surface area contributed by atoms with Crippen molar-refractivity contribution in [3.63, 3.8) is 0 Å². The SMILES string of the molecule is CC(C)(C)CC(=O)c1ccc(F)c(C(F)(F)F)c1. The second-order valence-corrected chi connectivity index (χ2v) is 5.35. The van der Waals surface area contributed by atoms with E-state index in [4.69, 9.17) is 0 Å². The molecule has 0 bridgehead atoms. The van der Waals surface area contributed by atoms with Gasteiger partial charge in [-0.1, -0.05) is 20.8 Å². The van der Waals surface area contributed by atoms with Crippen molar-refractivity contribution in [3.8, 4) is 0 Å². The van der Waals surface area contributed by atoms with Crippen LogP contribution in [0.1, 0.15) is 43.1 Å². The van der Waals surface area contributed by atoms with Crippen LogP contribution in [-0.2, 0) is 6.18 Å². The zero-order valence-corrected chi connectivity index (χ0v) is 10.4. The van der Waals surface area contributed by atoms with E-state index in [9.17, 15) is 22.4 Å². The number of ketones is 1. The molecule has 1 nitrogen and oxygen atoms in total. The molecule has 1 rings (SSSR count). The number of benzene rings is 1. The lowest BCUT2D eigenvalue weighted by Gasteiger charge is -2.17. The molecule has 0 spiro atoms. The summed E-state index contributed by atoms with van der Waals surface area (Å²) >= 11 is 0. The van der Waals surface area contributed by atoms with Crippen LogP contribution >= 0.6 is 0 Å². The summed E-state index contributed by atoms with van der Waals surface area (Å²) in [5.41, 5.74) is -1.84. The molecule has 5 heteroatoms. The van der Waals surface area contributed by atoms with Crippen molar-refractivity contribution in [1.82, 2.24) is 0 Å². The van der Waals surface area contributed by atoms with Crippen LogP contribution in [-0.4, -0.2) is 5.78 Å². The highest BCUT2D eigenvalue weighted by Gasteiger charge is 2.34. The van der Waals surface area contributed by atoms with Crippen LogP contribution in [0.3, 0.4) is 0 Å². The van der Waals surface area contributed by atoms with E-state index in [-0.39, 0.29) is 17.4 Å². The second-order valence-electron chi connectivity index (χ2n) is 5.35. The molecule has 1 aromatic carbocycles. The molecule has 0 saturated carbocycles. The van der Waals surface area contributed by atoms with E-state index in [0.717, 1.165) is 6.07 Å². The lowest BCUT2D eigenvalue weighted by atomic mass is 9.87. The molecule has 0 aromatic heterocycles. The molecule has 1 aromatic rings. The van der Waals surface area contributed by atoms with E-state index < -0.39 is 23.3 Å². The molecule has 0 fully saturated rings. The van der Waals surface area contributed by atoms with E-state index >= 15 is 0 Å². The lowest BCUT2D eigenvalue weighted by molar-refractivity contribution is -0.140. The van der Waals surface area contributed by atoms with Crippen molar-refractivity contribution >= 4 is 5.78 Å². The van der Waals surface area contributed by atoms with Crippen LogP contribution < -0.4 is 0 Å². The number of halogens is 4. The maximum Gasteiger partial charge on any atom is 0.419 e. The first-order valence-electron chi connectivity index (χ1n) is 5.41. The molecule has 0 atom stereocenters. The van der Waals surface area contributed by atoms with E-state index in [0.29, 0.717) is 12.1 Å². The molecule has 100 valence electrons. The Bertz CT molecular complexity index is 455. The van der Waals surface area contributed by atoms with Gasteiger partial charge in [-0.05, 0) is 23.6 Å². The molecule has 18 heavy (non-hydrogen) atoms. The topological polar surface area (TPSA) is 17.1 Å². The fourth-order valence-electron chi connectivity index (χ4n) is 1.50. The predicted octanol–water partition coefficient (Wildman–Crippen LogP) is 4.46. The molecular formula is C13H14F4O. The Morgan fingerprint density at radius 1 is 1.17 bits per heavy atom. The average Bonchev–Trinajstić information content (AvgIpc) is 2.13. The highest BCUT2D eigenvalue weighted by molar-refractivity contribution is 5.96. The van der Waals surface area contributed by atoms with Crippen LogP contribution in [0.4, 0.5) is 17.6 Å². The Morgan fingerprint density at radius 2 is 1.72 bits per heavy atom. The number of carbonyl (C=O) groups is 1. The number of rotatable bonds is 2. The smallest absolute Gasteiger partial charge is 0.294 e. The van der Waals surface area contributed by atoms with Crippen molar-refractivity contribution in [3.05, 3.63) is 35.1 Å². The summed E-state index contributed by atoms with van der Waals surface area (Å²) in [5.74, 6) is -1.79. The third-order valence-corrected chi connectivity index (χ3v) is 2.28. The van der Waals surface area contributed by atoms with Crippen molar-refractivity contribution in [2.45, 2.75) is 33.4 Å². The van der Waals surface area contributed by atoms with Gasteiger partial charge in [-0.3, -0.25) is 4.79 Å². The summed E-state index contributed by atoms with van der Waals surface area (Å²) in [6.07, 6.45) is -4.68. The lowest BCUT2D eigenvalue weighted by Crippen LogP contribution is -2.15. The summed E-state index contributed by atoms with van der Waals surface area (Å²) in [5, 5.41) is 0. The maximum absolute atomic E-state index is 13.0. The average molecular weight is 262 g/mol. The fraction of sp³-hybridized carbons (Fsp3) is 0.462. The predicted molar refractivity (Wildman–Crippen MR) is 59.8 cm³/mol. The monoisotopic (exact) mass is 262 g/mol. The minimum Gasteiger partial charge on any atom is -0.294 e. The van der Waals surface area contributed by atoms with Gasteiger partial charge in [0.2, 0.25) is 0 Å². The van der Waals surface area contributed by atoms with E-state index in [2.05, 4.69) is 0 Å². The van der Waals surface area contributed by atoms with Gasteiger partial charge in [-0.15, -0.1) is 0 Å². The Kier molecular flexibility index (Phi) is 3.84. The molecule has 0 radical (unpaired) electrons. The molecule has 0 aliphatic rings. The van der Waals surface area contributed by atoms with Gasteiger partial charge in [-0.2, -0.15) is 13.2 Å². The zero-order chi connectivity index (χ0) is 14.1. The minimum atomic E-state index is -4.79. The molecule has 0 heterocycles. The van der Waals surface area contributed by atoms with Crippen LogP contribution in [0.5, 0.6) is 0 Å². The summed E-state index contributed by atoms with van der Waals surface area (Å²) < 4.78 is 50.5. The molecule has 0 unspecified atom stereocenters. The van der Waals surface area contributed by atoms with Gasteiger partial charge in [0, 0.05) is 12.0 Å². The number of alkyl halides is 3. The highest BCUT2D eigenvalue weighted by atomic mass is 19.4. The first-order chi connectivity index (χ1) is 8.00. The van der Waals surface area contributed by atoms with Crippen molar-refractivity contribution in [2.75, 3.05) is 0 Å². The highest BCUT2D eigenvalue weighted by Crippen LogP contribution is 2.32. The summed E-state index contributed by atoms with van der Waals surface area (Å²) in [6, 6.07) is 2.33. The number of hydrogen-bond acceptors (Lipinski definition) is 1. The van der Waals surface area contributed by atoms with Gasteiger partial charge in [0.05, 0.1) is 5.56 Å². The largest absolute Gasteiger partial charge is 0.419 e. The van der Waals surface area contributed by atoms with Crippen molar-refractivity contribution in [2.24, 2.45) is 5.41 Å². The quantitative estimate of drug-likeness (QED) is 0.568. The number of carbonyl (C=O) groups excluding carboxylic acids is 1. The molecular weight excluding hydrogens is 248 g/mol. The van der Waals surface area contributed by atoms with Gasteiger partial charge >= 0.3 is 6.18 Å².